The Morgan fingerprint density at radius 1 is 0.600 bits per heavy atom. The predicted octanol–water partition coefficient (Wildman–Crippen LogP) is 11.7. The van der Waals surface area contributed by atoms with Crippen LogP contribution in [0.25, 0.3) is 0 Å². The van der Waals surface area contributed by atoms with E-state index in [-0.39, 0.29) is 12.4 Å². The van der Waals surface area contributed by atoms with Crippen molar-refractivity contribution in [2.45, 2.75) is 39.8 Å². The molecule has 6 aromatic rings. The molecule has 2 heterocycles. The summed E-state index contributed by atoms with van der Waals surface area (Å²) in [4.78, 5) is 15.6. The smallest absolute Gasteiger partial charge is 0.416 e. The van der Waals surface area contributed by atoms with E-state index in [9.17, 15) is 13.2 Å². The second kappa shape index (κ2) is 22.0. The number of nitrogens with zero attached hydrogens (tertiary/aromatic N) is 4. The largest absolute Gasteiger partial charge is 0.457 e. The van der Waals surface area contributed by atoms with E-state index in [0.29, 0.717) is 57.0 Å². The Morgan fingerprint density at radius 2 is 1.04 bits per heavy atom. The van der Waals surface area contributed by atoms with E-state index < -0.39 is 11.7 Å². The molecule has 0 fully saturated rings. The van der Waals surface area contributed by atoms with Gasteiger partial charge >= 0.3 is 6.18 Å². The highest BCUT2D eigenvalue weighted by Gasteiger charge is 2.30. The van der Waals surface area contributed by atoms with Crippen molar-refractivity contribution < 1.29 is 22.6 Å². The second-order valence-corrected chi connectivity index (χ2v) is 12.8. The van der Waals surface area contributed by atoms with Crippen LogP contribution in [0.5, 0.6) is 23.0 Å². The summed E-state index contributed by atoms with van der Waals surface area (Å²) in [6, 6.07) is 28.0. The maximum Gasteiger partial charge on any atom is 0.416 e. The van der Waals surface area contributed by atoms with Gasteiger partial charge < -0.3 is 20.5 Å². The van der Waals surface area contributed by atoms with Crippen molar-refractivity contribution >= 4 is 53.0 Å². The van der Waals surface area contributed by atoms with E-state index in [1.54, 1.807) is 19.1 Å². The molecule has 0 unspecified atom stereocenters. The maximum atomic E-state index is 12.6. The highest BCUT2D eigenvalue weighted by molar-refractivity contribution is 6.41. The monoisotopic (exact) mass is 832 g/mol. The first kappa shape index (κ1) is 44.7. The Kier molecular flexibility index (Phi) is 17.9. The Bertz CT molecular complexity index is 2040. The van der Waals surface area contributed by atoms with Crippen molar-refractivity contribution in [2.75, 3.05) is 18.4 Å². The summed E-state index contributed by atoms with van der Waals surface area (Å²) in [6.07, 6.45) is 0.119. The van der Waals surface area contributed by atoms with Gasteiger partial charge in [0.2, 0.25) is 0 Å². The van der Waals surface area contributed by atoms with Crippen LogP contribution in [-0.2, 0) is 19.0 Å². The van der Waals surface area contributed by atoms with E-state index in [1.807, 2.05) is 55.5 Å². The molecule has 290 valence electrons. The molecule has 0 aliphatic carbocycles. The molecule has 0 bridgehead atoms. The van der Waals surface area contributed by atoms with Crippen molar-refractivity contribution in [3.63, 3.8) is 0 Å². The zero-order chi connectivity index (χ0) is 39.1. The molecule has 0 aliphatic heterocycles. The molecule has 4 aromatic carbocycles. The predicted molar refractivity (Wildman–Crippen MR) is 216 cm³/mol. The fraction of sp³-hybridized carbons (Fsp3) is 0.200. The molecule has 8 nitrogen and oxygen atoms in total. The Balaban J connectivity index is 0.000000254. The van der Waals surface area contributed by atoms with E-state index in [0.717, 1.165) is 42.0 Å². The molecule has 0 amide bonds. The Morgan fingerprint density at radius 3 is 1.49 bits per heavy atom. The number of aryl methyl sites for hydroxylation is 3. The van der Waals surface area contributed by atoms with Crippen LogP contribution in [0.1, 0.15) is 33.6 Å². The lowest BCUT2D eigenvalue weighted by atomic mass is 10.1. The van der Waals surface area contributed by atoms with Gasteiger partial charge in [-0.1, -0.05) is 76.8 Å². The fourth-order valence-electron chi connectivity index (χ4n) is 4.54. The van der Waals surface area contributed by atoms with Crippen LogP contribution in [0, 0.1) is 20.8 Å². The number of aromatic nitrogens is 4. The highest BCUT2D eigenvalue weighted by Crippen LogP contribution is 2.31. The third-order valence-corrected chi connectivity index (χ3v) is 8.83. The van der Waals surface area contributed by atoms with Gasteiger partial charge in [-0.25, -0.2) is 19.9 Å². The summed E-state index contributed by atoms with van der Waals surface area (Å²) in [5, 5.41) is 4.41. The quantitative estimate of drug-likeness (QED) is 0.131. The van der Waals surface area contributed by atoms with Gasteiger partial charge in [-0.15, -0.1) is 12.4 Å². The van der Waals surface area contributed by atoms with Gasteiger partial charge in [-0.05, 0) is 112 Å². The molecule has 0 aliphatic rings. The highest BCUT2D eigenvalue weighted by atomic mass is 35.5. The van der Waals surface area contributed by atoms with Crippen molar-refractivity contribution in [1.29, 1.82) is 0 Å². The number of benzene rings is 4. The van der Waals surface area contributed by atoms with Gasteiger partial charge in [0.05, 0.1) is 22.0 Å². The lowest BCUT2D eigenvalue weighted by Crippen LogP contribution is -2.07. The van der Waals surface area contributed by atoms with Crippen molar-refractivity contribution in [3.8, 4) is 23.0 Å². The lowest BCUT2D eigenvalue weighted by Gasteiger charge is -2.10. The number of hydrogen-bond acceptors (Lipinski definition) is 8. The molecular weight excluding hydrogens is 795 g/mol. The van der Waals surface area contributed by atoms with Crippen LogP contribution in [0.3, 0.4) is 0 Å². The molecule has 0 saturated carbocycles. The molecule has 6 rings (SSSR count). The standard InChI is InChI=1S/C20H17ClF3N3O.C15H17NO.C5H4Cl2N2.ClH/c1-13-18(21)19(27-12-26-13)25-11-10-14-2-6-16(7-3-14)28-17-8-4-15(5-9-17)20(22,23)24;1-12-2-6-14(7-3-12)17-15-8-4-13(5-9-15)10-11-16;1-3-4(6)5(7)9-2-8-3;/h2-9,12H,10-11H2,1H3,(H,25,26,27);2-9H,10-11,16H2,1H3;2H,1H3;1H. The number of anilines is 1. The Labute approximate surface area is 339 Å². The van der Waals surface area contributed by atoms with Gasteiger partial charge in [0.1, 0.15) is 46.5 Å². The molecular formula is C40H39Cl4F3N6O2. The van der Waals surface area contributed by atoms with E-state index in [1.165, 1.54) is 35.9 Å². The van der Waals surface area contributed by atoms with Crippen molar-refractivity contribution in [3.05, 3.63) is 159 Å². The van der Waals surface area contributed by atoms with E-state index >= 15 is 0 Å². The summed E-state index contributed by atoms with van der Waals surface area (Å²) in [6.45, 7) is 6.96. The molecule has 3 N–H and O–H groups in total. The topological polar surface area (TPSA) is 108 Å². The molecule has 2 aromatic heterocycles. The summed E-state index contributed by atoms with van der Waals surface area (Å²) in [5.74, 6) is 3.20. The number of ether oxygens (including phenoxy) is 2. The van der Waals surface area contributed by atoms with Gasteiger partial charge in [-0.2, -0.15) is 13.2 Å². The SMILES string of the molecule is Cc1ccc(Oc2ccc(CCN)cc2)cc1.Cc1ncnc(Cl)c1Cl.Cc1ncnc(NCCc2ccc(Oc3ccc(C(F)(F)F)cc3)cc2)c1Cl.Cl. The number of rotatable bonds is 10. The minimum atomic E-state index is -4.36. The van der Waals surface area contributed by atoms with E-state index in [2.05, 4.69) is 44.3 Å². The maximum absolute atomic E-state index is 12.6. The average molecular weight is 835 g/mol. The fourth-order valence-corrected chi connectivity index (χ4v) is 4.98. The molecule has 55 heavy (non-hydrogen) atoms. The summed E-state index contributed by atoms with van der Waals surface area (Å²) < 4.78 is 49.1. The summed E-state index contributed by atoms with van der Waals surface area (Å²) >= 11 is 17.3. The van der Waals surface area contributed by atoms with E-state index in [4.69, 9.17) is 50.0 Å². The third-order valence-electron chi connectivity index (χ3n) is 7.54. The zero-order valence-electron chi connectivity index (χ0n) is 30.1. The molecule has 0 saturated heterocycles. The zero-order valence-corrected chi connectivity index (χ0v) is 33.2. The van der Waals surface area contributed by atoms with Gasteiger partial charge in [0, 0.05) is 6.54 Å². The van der Waals surface area contributed by atoms with Crippen LogP contribution >= 0.6 is 47.2 Å². The first-order valence-corrected chi connectivity index (χ1v) is 17.8. The van der Waals surface area contributed by atoms with Crippen molar-refractivity contribution in [1.82, 2.24) is 19.9 Å². The van der Waals surface area contributed by atoms with Gasteiger partial charge in [0.15, 0.2) is 5.15 Å². The van der Waals surface area contributed by atoms with Crippen LogP contribution < -0.4 is 20.5 Å². The molecule has 0 spiro atoms. The van der Waals surface area contributed by atoms with Gasteiger partial charge in [-0.3, -0.25) is 0 Å². The lowest BCUT2D eigenvalue weighted by molar-refractivity contribution is -0.137. The first-order chi connectivity index (χ1) is 25.8. The normalized spacial score (nSPS) is 10.5. The number of nitrogens with one attached hydrogen (secondary N) is 1. The summed E-state index contributed by atoms with van der Waals surface area (Å²) in [5.41, 5.74) is 9.75. The van der Waals surface area contributed by atoms with Gasteiger partial charge in [0.25, 0.3) is 0 Å². The first-order valence-electron chi connectivity index (χ1n) is 16.6. The average Bonchev–Trinajstić information content (AvgIpc) is 3.15. The molecule has 0 radical (unpaired) electrons. The minimum absolute atomic E-state index is 0. The van der Waals surface area contributed by atoms with Crippen LogP contribution in [0.2, 0.25) is 15.2 Å². The number of halogens is 7. The third kappa shape index (κ3) is 14.8. The summed E-state index contributed by atoms with van der Waals surface area (Å²) in [7, 11) is 0. The minimum Gasteiger partial charge on any atom is -0.457 e. The Hall–Kier alpha value is -4.65. The number of alkyl halides is 3. The van der Waals surface area contributed by atoms with Crippen LogP contribution in [-0.4, -0.2) is 33.0 Å². The number of nitrogens with two attached hydrogens (primary N) is 1. The molecule has 15 heteroatoms. The number of hydrogen-bond donors (Lipinski definition) is 2. The molecule has 0 atom stereocenters. The van der Waals surface area contributed by atoms with Crippen LogP contribution in [0.4, 0.5) is 19.0 Å². The second-order valence-electron chi connectivity index (χ2n) is 11.7. The van der Waals surface area contributed by atoms with Crippen molar-refractivity contribution in [2.24, 2.45) is 5.73 Å². The van der Waals surface area contributed by atoms with Crippen LogP contribution in [0.15, 0.2) is 110 Å².